The molecule has 0 spiro atoms. The molecular weight excluding hydrogens is 387 g/mol. The molecule has 0 aliphatic carbocycles. The van der Waals surface area contributed by atoms with Crippen LogP contribution in [0.5, 0.6) is 0 Å². The maximum absolute atomic E-state index is 12.8. The van der Waals surface area contributed by atoms with Crippen molar-refractivity contribution in [3.63, 3.8) is 0 Å². The number of halogens is 3. The summed E-state index contributed by atoms with van der Waals surface area (Å²) in [6.07, 6.45) is -3.13. The lowest BCUT2D eigenvalue weighted by Crippen LogP contribution is -2.50. The topological polar surface area (TPSA) is 61.9 Å². The highest BCUT2D eigenvalue weighted by atomic mass is 19.4. The summed E-state index contributed by atoms with van der Waals surface area (Å²) in [4.78, 5) is 28.9. The largest absolute Gasteiger partial charge is 0.416 e. The second kappa shape index (κ2) is 9.13. The van der Waals surface area contributed by atoms with E-state index in [2.05, 4.69) is 5.32 Å². The summed E-state index contributed by atoms with van der Waals surface area (Å²) in [6.45, 7) is 5.29. The van der Waals surface area contributed by atoms with Crippen molar-refractivity contribution in [2.75, 3.05) is 44.7 Å². The Labute approximate surface area is 168 Å². The van der Waals surface area contributed by atoms with Gasteiger partial charge in [-0.25, -0.2) is 0 Å². The Kier molecular flexibility index (Phi) is 6.79. The van der Waals surface area contributed by atoms with E-state index in [1.807, 2.05) is 9.80 Å². The summed E-state index contributed by atoms with van der Waals surface area (Å²) >= 11 is 0. The van der Waals surface area contributed by atoms with Gasteiger partial charge in [-0.1, -0.05) is 6.07 Å². The van der Waals surface area contributed by atoms with Crippen LogP contribution in [-0.4, -0.2) is 67.0 Å². The van der Waals surface area contributed by atoms with Gasteiger partial charge in [0.1, 0.15) is 0 Å². The van der Waals surface area contributed by atoms with Crippen LogP contribution in [0, 0.1) is 5.92 Å². The smallest absolute Gasteiger partial charge is 0.378 e. The summed E-state index contributed by atoms with van der Waals surface area (Å²) in [5.41, 5.74) is -0.681. The molecule has 0 saturated carbocycles. The number of piperidine rings is 1. The van der Waals surface area contributed by atoms with E-state index >= 15 is 0 Å². The number of likely N-dealkylation sites (tertiary alicyclic amines) is 1. The Hall–Kier alpha value is -2.13. The Bertz CT molecular complexity index is 727. The Morgan fingerprint density at radius 2 is 1.79 bits per heavy atom. The maximum atomic E-state index is 12.8. The fraction of sp³-hybridized carbons (Fsp3) is 0.600. The molecule has 2 saturated heterocycles. The standard InChI is InChI=1S/C20H26F3N3O3/c1-14(18(27)24-17-4-2-3-16(13-17)20(21,22)23)25-7-5-15(6-8-25)19(28)26-9-11-29-12-10-26/h2-4,13-15H,5-12H2,1H3,(H,24,27). The number of nitrogens with one attached hydrogen (secondary N) is 1. The van der Waals surface area contributed by atoms with Crippen molar-refractivity contribution < 1.29 is 27.5 Å². The van der Waals surface area contributed by atoms with Crippen LogP contribution in [0.15, 0.2) is 24.3 Å². The van der Waals surface area contributed by atoms with Crippen LogP contribution in [0.25, 0.3) is 0 Å². The molecule has 0 aromatic heterocycles. The predicted molar refractivity (Wildman–Crippen MR) is 101 cm³/mol. The van der Waals surface area contributed by atoms with Gasteiger partial charge in [0.25, 0.3) is 0 Å². The minimum absolute atomic E-state index is 0.0527. The molecule has 3 rings (SSSR count). The van der Waals surface area contributed by atoms with Crippen molar-refractivity contribution in [2.45, 2.75) is 32.0 Å². The van der Waals surface area contributed by atoms with E-state index in [0.29, 0.717) is 52.2 Å². The van der Waals surface area contributed by atoms with E-state index in [1.54, 1.807) is 6.92 Å². The lowest BCUT2D eigenvalue weighted by Gasteiger charge is -2.37. The fourth-order valence-electron chi connectivity index (χ4n) is 3.76. The monoisotopic (exact) mass is 413 g/mol. The number of ether oxygens (including phenoxy) is 1. The zero-order valence-electron chi connectivity index (χ0n) is 16.4. The second-order valence-corrected chi connectivity index (χ2v) is 7.49. The number of nitrogens with zero attached hydrogens (tertiary/aromatic N) is 2. The Balaban J connectivity index is 1.52. The van der Waals surface area contributed by atoms with E-state index in [-0.39, 0.29) is 23.4 Å². The molecule has 2 aliphatic heterocycles. The highest BCUT2D eigenvalue weighted by Gasteiger charge is 2.33. The van der Waals surface area contributed by atoms with Gasteiger partial charge in [0.2, 0.25) is 11.8 Å². The zero-order valence-corrected chi connectivity index (χ0v) is 16.4. The molecule has 0 radical (unpaired) electrons. The van der Waals surface area contributed by atoms with Gasteiger partial charge in [0.15, 0.2) is 0 Å². The summed E-state index contributed by atoms with van der Waals surface area (Å²) in [5, 5.41) is 2.57. The second-order valence-electron chi connectivity index (χ2n) is 7.49. The van der Waals surface area contributed by atoms with E-state index in [9.17, 15) is 22.8 Å². The first-order chi connectivity index (χ1) is 13.8. The maximum Gasteiger partial charge on any atom is 0.416 e. The molecular formula is C20H26F3N3O3. The third kappa shape index (κ3) is 5.48. The number of benzene rings is 1. The van der Waals surface area contributed by atoms with Gasteiger partial charge in [-0.05, 0) is 51.1 Å². The van der Waals surface area contributed by atoms with Crippen LogP contribution in [0.2, 0.25) is 0 Å². The van der Waals surface area contributed by atoms with Crippen molar-refractivity contribution in [1.82, 2.24) is 9.80 Å². The Morgan fingerprint density at radius 1 is 1.14 bits per heavy atom. The third-order valence-corrected chi connectivity index (χ3v) is 5.59. The number of anilines is 1. The normalized spacial score (nSPS) is 20.3. The number of rotatable bonds is 4. The predicted octanol–water partition coefficient (Wildman–Crippen LogP) is 2.60. The van der Waals surface area contributed by atoms with Crippen molar-refractivity contribution in [3.8, 4) is 0 Å². The molecule has 1 N–H and O–H groups in total. The van der Waals surface area contributed by atoms with Crippen LogP contribution in [0.1, 0.15) is 25.3 Å². The summed E-state index contributed by atoms with van der Waals surface area (Å²) in [7, 11) is 0. The first kappa shape index (κ1) is 21.6. The summed E-state index contributed by atoms with van der Waals surface area (Å²) < 4.78 is 43.8. The quantitative estimate of drug-likeness (QED) is 0.824. The third-order valence-electron chi connectivity index (χ3n) is 5.59. The number of carbonyl (C=O) groups is 2. The molecule has 1 atom stereocenters. The highest BCUT2D eigenvalue weighted by Crippen LogP contribution is 2.30. The van der Waals surface area contributed by atoms with E-state index in [0.717, 1.165) is 12.1 Å². The molecule has 160 valence electrons. The minimum Gasteiger partial charge on any atom is -0.378 e. The molecule has 2 fully saturated rings. The lowest BCUT2D eigenvalue weighted by molar-refractivity contribution is -0.141. The molecule has 1 aromatic rings. The van der Waals surface area contributed by atoms with Crippen LogP contribution >= 0.6 is 0 Å². The summed E-state index contributed by atoms with van der Waals surface area (Å²) in [6, 6.07) is 4.11. The van der Waals surface area contributed by atoms with Gasteiger partial charge in [0.05, 0.1) is 24.8 Å². The number of amides is 2. The number of hydrogen-bond acceptors (Lipinski definition) is 4. The molecule has 0 bridgehead atoms. The Morgan fingerprint density at radius 3 is 2.41 bits per heavy atom. The van der Waals surface area contributed by atoms with Gasteiger partial charge in [0, 0.05) is 24.7 Å². The van der Waals surface area contributed by atoms with Crippen molar-refractivity contribution >= 4 is 17.5 Å². The van der Waals surface area contributed by atoms with Crippen LogP contribution < -0.4 is 5.32 Å². The van der Waals surface area contributed by atoms with Crippen LogP contribution in [0.4, 0.5) is 18.9 Å². The van der Waals surface area contributed by atoms with Gasteiger partial charge in [-0.2, -0.15) is 13.2 Å². The molecule has 2 heterocycles. The van der Waals surface area contributed by atoms with Gasteiger partial charge < -0.3 is 15.0 Å². The lowest BCUT2D eigenvalue weighted by atomic mass is 9.94. The first-order valence-corrected chi connectivity index (χ1v) is 9.84. The molecule has 2 aliphatic rings. The average molecular weight is 413 g/mol. The van der Waals surface area contributed by atoms with Gasteiger partial charge in [-0.15, -0.1) is 0 Å². The van der Waals surface area contributed by atoms with E-state index in [1.165, 1.54) is 12.1 Å². The minimum atomic E-state index is -4.46. The van der Waals surface area contributed by atoms with Crippen LogP contribution in [0.3, 0.4) is 0 Å². The van der Waals surface area contributed by atoms with Crippen LogP contribution in [-0.2, 0) is 20.5 Å². The zero-order chi connectivity index (χ0) is 21.0. The molecule has 2 amide bonds. The SMILES string of the molecule is CC(C(=O)Nc1cccc(C(F)(F)F)c1)N1CCC(C(=O)N2CCOCC2)CC1. The number of morpholine rings is 1. The summed E-state index contributed by atoms with van der Waals surface area (Å²) in [5.74, 6) is -0.264. The van der Waals surface area contributed by atoms with Crippen molar-refractivity contribution in [1.29, 1.82) is 0 Å². The number of hydrogen-bond donors (Lipinski definition) is 1. The van der Waals surface area contributed by atoms with Crippen molar-refractivity contribution in [3.05, 3.63) is 29.8 Å². The molecule has 9 heteroatoms. The number of carbonyl (C=O) groups excluding carboxylic acids is 2. The fourth-order valence-corrected chi connectivity index (χ4v) is 3.76. The number of alkyl halides is 3. The molecule has 6 nitrogen and oxygen atoms in total. The average Bonchev–Trinajstić information content (AvgIpc) is 2.73. The van der Waals surface area contributed by atoms with Gasteiger partial charge in [-0.3, -0.25) is 14.5 Å². The molecule has 29 heavy (non-hydrogen) atoms. The van der Waals surface area contributed by atoms with E-state index < -0.39 is 17.8 Å². The molecule has 1 aromatic carbocycles. The van der Waals surface area contributed by atoms with Crippen molar-refractivity contribution in [2.24, 2.45) is 5.92 Å². The highest BCUT2D eigenvalue weighted by molar-refractivity contribution is 5.94. The van der Waals surface area contributed by atoms with Gasteiger partial charge >= 0.3 is 6.18 Å². The molecule has 1 unspecified atom stereocenters. The first-order valence-electron chi connectivity index (χ1n) is 9.84. The van der Waals surface area contributed by atoms with E-state index in [4.69, 9.17) is 4.74 Å².